The predicted octanol–water partition coefficient (Wildman–Crippen LogP) is 1.52. The van der Waals surface area contributed by atoms with Crippen LogP contribution >= 0.6 is 0 Å². The van der Waals surface area contributed by atoms with Gasteiger partial charge in [-0.1, -0.05) is 0 Å². The number of nitrogens with one attached hydrogen (secondary N) is 1. The van der Waals surface area contributed by atoms with E-state index in [0.717, 1.165) is 43.5 Å². The third-order valence-electron chi connectivity index (χ3n) is 4.70. The largest absolute Gasteiger partial charge is 0.383 e. The zero-order valence-corrected chi connectivity index (χ0v) is 13.6. The van der Waals surface area contributed by atoms with Gasteiger partial charge in [0.05, 0.1) is 6.61 Å². The Balaban J connectivity index is 1.45. The quantitative estimate of drug-likeness (QED) is 0.871. The summed E-state index contributed by atoms with van der Waals surface area (Å²) in [7, 11) is 1.76. The van der Waals surface area contributed by atoms with Crippen molar-refractivity contribution in [3.05, 3.63) is 18.0 Å². The van der Waals surface area contributed by atoms with Crippen LogP contribution in [0.5, 0.6) is 0 Å². The number of rotatable bonds is 6. The minimum absolute atomic E-state index is 0.436. The minimum atomic E-state index is 0.436. The van der Waals surface area contributed by atoms with E-state index in [4.69, 9.17) is 9.84 Å². The summed E-state index contributed by atoms with van der Waals surface area (Å²) in [5, 5.41) is 16.8. The molecule has 2 aromatic heterocycles. The van der Waals surface area contributed by atoms with E-state index < -0.39 is 0 Å². The molecule has 1 aliphatic heterocycles. The predicted molar refractivity (Wildman–Crippen MR) is 87.7 cm³/mol. The summed E-state index contributed by atoms with van der Waals surface area (Å²) in [5.41, 5.74) is 0.836. The second-order valence-corrected chi connectivity index (χ2v) is 6.60. The molecule has 1 aliphatic carbocycles. The number of methoxy groups -OCH3 is 1. The van der Waals surface area contributed by atoms with E-state index in [1.54, 1.807) is 7.11 Å². The number of anilines is 1. The highest BCUT2D eigenvalue weighted by molar-refractivity contribution is 5.45. The highest BCUT2D eigenvalue weighted by Gasteiger charge is 2.29. The molecule has 23 heavy (non-hydrogen) atoms. The SMILES string of the molecule is COCCN1CCCC(Nc2ccc3nnc(C4CC4)n3n2)C1. The normalized spacial score (nSPS) is 22.6. The third kappa shape index (κ3) is 3.30. The molecule has 1 saturated carbocycles. The molecule has 1 N–H and O–H groups in total. The number of fused-ring (bicyclic) bond motifs is 1. The van der Waals surface area contributed by atoms with Gasteiger partial charge in [0.15, 0.2) is 11.5 Å². The third-order valence-corrected chi connectivity index (χ3v) is 4.70. The Hall–Kier alpha value is -1.73. The van der Waals surface area contributed by atoms with E-state index in [9.17, 15) is 0 Å². The smallest absolute Gasteiger partial charge is 0.178 e. The van der Waals surface area contributed by atoms with Crippen molar-refractivity contribution in [3.63, 3.8) is 0 Å². The molecule has 7 heteroatoms. The summed E-state index contributed by atoms with van der Waals surface area (Å²) < 4.78 is 7.10. The molecule has 0 aromatic carbocycles. The van der Waals surface area contributed by atoms with Crippen LogP contribution in [0.2, 0.25) is 0 Å². The van der Waals surface area contributed by atoms with Gasteiger partial charge in [-0.3, -0.25) is 4.90 Å². The highest BCUT2D eigenvalue weighted by atomic mass is 16.5. The fourth-order valence-corrected chi connectivity index (χ4v) is 3.28. The number of likely N-dealkylation sites (tertiary alicyclic amines) is 1. The van der Waals surface area contributed by atoms with Gasteiger partial charge in [0.2, 0.25) is 0 Å². The Morgan fingerprint density at radius 3 is 3.00 bits per heavy atom. The van der Waals surface area contributed by atoms with Gasteiger partial charge in [-0.25, -0.2) is 0 Å². The lowest BCUT2D eigenvalue weighted by molar-refractivity contribution is 0.131. The van der Waals surface area contributed by atoms with Gasteiger partial charge < -0.3 is 10.1 Å². The Bertz CT molecular complexity index is 668. The maximum Gasteiger partial charge on any atom is 0.178 e. The minimum Gasteiger partial charge on any atom is -0.383 e. The van der Waals surface area contributed by atoms with Crippen molar-refractivity contribution in [3.8, 4) is 0 Å². The summed E-state index contributed by atoms with van der Waals surface area (Å²) in [6.45, 7) is 3.99. The number of nitrogens with zero attached hydrogens (tertiary/aromatic N) is 5. The lowest BCUT2D eigenvalue weighted by atomic mass is 10.1. The summed E-state index contributed by atoms with van der Waals surface area (Å²) >= 11 is 0. The highest BCUT2D eigenvalue weighted by Crippen LogP contribution is 2.38. The molecule has 0 amide bonds. The average Bonchev–Trinajstić information content (AvgIpc) is 3.33. The van der Waals surface area contributed by atoms with Crippen LogP contribution in [0.15, 0.2) is 12.1 Å². The first kappa shape index (κ1) is 14.8. The number of hydrogen-bond acceptors (Lipinski definition) is 6. The van der Waals surface area contributed by atoms with E-state index in [2.05, 4.69) is 20.4 Å². The van der Waals surface area contributed by atoms with Crippen molar-refractivity contribution in [2.24, 2.45) is 0 Å². The van der Waals surface area contributed by atoms with Crippen LogP contribution in [0.3, 0.4) is 0 Å². The molecule has 1 atom stereocenters. The van der Waals surface area contributed by atoms with Gasteiger partial charge in [0, 0.05) is 32.2 Å². The molecule has 3 heterocycles. The van der Waals surface area contributed by atoms with E-state index in [0.29, 0.717) is 12.0 Å². The average molecular weight is 316 g/mol. The lowest BCUT2D eigenvalue weighted by Gasteiger charge is -2.33. The standard InChI is InChI=1S/C16H24N6O/c1-23-10-9-21-8-2-3-13(11-21)17-14-6-7-15-18-19-16(12-4-5-12)22(15)20-14/h6-7,12-13H,2-5,8-11H2,1H3,(H,17,20). The molecule has 0 spiro atoms. The molecule has 0 radical (unpaired) electrons. The van der Waals surface area contributed by atoms with Crippen LogP contribution < -0.4 is 5.32 Å². The van der Waals surface area contributed by atoms with Crippen LogP contribution in [0, 0.1) is 0 Å². The van der Waals surface area contributed by atoms with Crippen molar-refractivity contribution in [2.75, 3.05) is 38.7 Å². The summed E-state index contributed by atoms with van der Waals surface area (Å²) in [6.07, 6.45) is 4.80. The van der Waals surface area contributed by atoms with Crippen molar-refractivity contribution >= 4 is 11.5 Å². The monoisotopic (exact) mass is 316 g/mol. The Morgan fingerprint density at radius 1 is 1.26 bits per heavy atom. The van der Waals surface area contributed by atoms with Gasteiger partial charge in [-0.15, -0.1) is 15.3 Å². The first-order valence-corrected chi connectivity index (χ1v) is 8.53. The zero-order chi connectivity index (χ0) is 15.6. The number of hydrogen-bond donors (Lipinski definition) is 1. The molecule has 124 valence electrons. The molecule has 7 nitrogen and oxygen atoms in total. The second-order valence-electron chi connectivity index (χ2n) is 6.60. The van der Waals surface area contributed by atoms with Crippen LogP contribution in [-0.4, -0.2) is 64.1 Å². The Labute approximate surface area is 136 Å². The molecule has 1 saturated heterocycles. The fraction of sp³-hybridized carbons (Fsp3) is 0.688. The van der Waals surface area contributed by atoms with Crippen molar-refractivity contribution in [2.45, 2.75) is 37.6 Å². The van der Waals surface area contributed by atoms with E-state index >= 15 is 0 Å². The summed E-state index contributed by atoms with van der Waals surface area (Å²) in [4.78, 5) is 2.46. The number of ether oxygens (including phenoxy) is 1. The van der Waals surface area contributed by atoms with Crippen molar-refractivity contribution in [1.82, 2.24) is 24.7 Å². The Kier molecular flexibility index (Phi) is 4.13. The first-order valence-electron chi connectivity index (χ1n) is 8.53. The first-order chi connectivity index (χ1) is 11.3. The Morgan fingerprint density at radius 2 is 2.17 bits per heavy atom. The van der Waals surface area contributed by atoms with Crippen molar-refractivity contribution < 1.29 is 4.74 Å². The van der Waals surface area contributed by atoms with Gasteiger partial charge in [0.1, 0.15) is 5.82 Å². The topological polar surface area (TPSA) is 67.6 Å². The molecule has 4 rings (SSSR count). The molecule has 2 aliphatic rings. The number of aromatic nitrogens is 4. The zero-order valence-electron chi connectivity index (χ0n) is 13.6. The van der Waals surface area contributed by atoms with Crippen LogP contribution in [0.4, 0.5) is 5.82 Å². The molecule has 2 fully saturated rings. The van der Waals surface area contributed by atoms with Crippen LogP contribution in [0.1, 0.15) is 37.4 Å². The van der Waals surface area contributed by atoms with Gasteiger partial charge in [-0.05, 0) is 44.4 Å². The van der Waals surface area contributed by atoms with Gasteiger partial charge >= 0.3 is 0 Å². The molecule has 0 bridgehead atoms. The maximum absolute atomic E-state index is 5.19. The summed E-state index contributed by atoms with van der Waals surface area (Å²) in [6, 6.07) is 4.44. The van der Waals surface area contributed by atoms with Crippen LogP contribution in [0.25, 0.3) is 5.65 Å². The molecular weight excluding hydrogens is 292 g/mol. The molecule has 1 unspecified atom stereocenters. The fourth-order valence-electron chi connectivity index (χ4n) is 3.28. The molecule has 2 aromatic rings. The van der Waals surface area contributed by atoms with Crippen molar-refractivity contribution in [1.29, 1.82) is 0 Å². The molecular formula is C16H24N6O. The van der Waals surface area contributed by atoms with E-state index in [1.807, 2.05) is 16.6 Å². The second kappa shape index (κ2) is 6.41. The lowest BCUT2D eigenvalue weighted by Crippen LogP contribution is -2.43. The number of piperidine rings is 1. The van der Waals surface area contributed by atoms with Gasteiger partial charge in [-0.2, -0.15) is 4.52 Å². The van der Waals surface area contributed by atoms with E-state index in [-0.39, 0.29) is 0 Å². The maximum atomic E-state index is 5.19. The van der Waals surface area contributed by atoms with E-state index in [1.165, 1.54) is 25.7 Å². The van der Waals surface area contributed by atoms with Gasteiger partial charge in [0.25, 0.3) is 0 Å². The summed E-state index contributed by atoms with van der Waals surface area (Å²) in [5.74, 6) is 2.47. The van der Waals surface area contributed by atoms with Crippen LogP contribution in [-0.2, 0) is 4.74 Å².